The van der Waals surface area contributed by atoms with Crippen LogP contribution >= 0.6 is 23.4 Å². The number of carbonyl (C=O) groups is 1. The third kappa shape index (κ3) is 5.34. The average molecular weight is 469 g/mol. The number of amides is 1. The minimum absolute atomic E-state index is 0.0132. The maximum Gasteiger partial charge on any atom is 0.227 e. The number of anilines is 2. The Balaban J connectivity index is 1.38. The quantitative estimate of drug-likeness (QED) is 0.518. The zero-order valence-corrected chi connectivity index (χ0v) is 19.6. The van der Waals surface area contributed by atoms with Gasteiger partial charge in [-0.1, -0.05) is 41.1 Å². The van der Waals surface area contributed by atoms with Gasteiger partial charge in [-0.2, -0.15) is 0 Å². The number of nitrogens with one attached hydrogen (secondary N) is 1. The SMILES string of the molecule is COc1ccc(NC(=O)C2CCN(c3nccnc3Sc3ccc(C)cc3)CC2)cc1Cl. The van der Waals surface area contributed by atoms with E-state index in [0.717, 1.165) is 41.7 Å². The van der Waals surface area contributed by atoms with Crippen LogP contribution in [0.5, 0.6) is 5.75 Å². The number of benzene rings is 2. The van der Waals surface area contributed by atoms with Gasteiger partial charge in [-0.05, 0) is 50.1 Å². The molecule has 1 amide bonds. The van der Waals surface area contributed by atoms with Crippen molar-refractivity contribution in [2.24, 2.45) is 5.92 Å². The van der Waals surface area contributed by atoms with Crippen LogP contribution in [0.15, 0.2) is 64.8 Å². The van der Waals surface area contributed by atoms with E-state index in [9.17, 15) is 4.79 Å². The highest BCUT2D eigenvalue weighted by molar-refractivity contribution is 7.99. The van der Waals surface area contributed by atoms with Crippen LogP contribution in [0.4, 0.5) is 11.5 Å². The minimum atomic E-state index is -0.0583. The van der Waals surface area contributed by atoms with E-state index in [1.165, 1.54) is 5.56 Å². The molecule has 0 saturated carbocycles. The number of hydrogen-bond acceptors (Lipinski definition) is 6. The lowest BCUT2D eigenvalue weighted by atomic mass is 9.96. The summed E-state index contributed by atoms with van der Waals surface area (Å²) in [5, 5.41) is 4.33. The molecule has 1 saturated heterocycles. The van der Waals surface area contributed by atoms with Crippen molar-refractivity contribution in [2.45, 2.75) is 29.7 Å². The Hall–Kier alpha value is -2.77. The van der Waals surface area contributed by atoms with Crippen LogP contribution < -0.4 is 15.0 Å². The lowest BCUT2D eigenvalue weighted by Gasteiger charge is -2.32. The number of piperidine rings is 1. The Morgan fingerprint density at radius 3 is 2.53 bits per heavy atom. The first-order chi connectivity index (χ1) is 15.5. The molecular weight excluding hydrogens is 444 g/mol. The van der Waals surface area contributed by atoms with Gasteiger partial charge in [-0.3, -0.25) is 4.79 Å². The topological polar surface area (TPSA) is 67.3 Å². The van der Waals surface area contributed by atoms with Gasteiger partial charge in [0.2, 0.25) is 5.91 Å². The number of halogens is 1. The molecule has 32 heavy (non-hydrogen) atoms. The van der Waals surface area contributed by atoms with Crippen LogP contribution in [0, 0.1) is 12.8 Å². The Bertz CT molecular complexity index is 1090. The maximum absolute atomic E-state index is 12.8. The van der Waals surface area contributed by atoms with Gasteiger partial charge in [0.15, 0.2) is 5.82 Å². The fourth-order valence-corrected chi connectivity index (χ4v) is 4.81. The van der Waals surface area contributed by atoms with Crippen molar-refractivity contribution in [3.05, 3.63) is 65.4 Å². The molecule has 2 aromatic carbocycles. The van der Waals surface area contributed by atoms with Crippen molar-refractivity contribution in [2.75, 3.05) is 30.4 Å². The maximum atomic E-state index is 12.8. The van der Waals surface area contributed by atoms with Gasteiger partial charge in [-0.25, -0.2) is 9.97 Å². The van der Waals surface area contributed by atoms with Crippen molar-refractivity contribution in [3.8, 4) is 5.75 Å². The van der Waals surface area contributed by atoms with Gasteiger partial charge in [0.1, 0.15) is 10.8 Å². The van der Waals surface area contributed by atoms with E-state index in [-0.39, 0.29) is 11.8 Å². The van der Waals surface area contributed by atoms with Crippen LogP contribution in [-0.4, -0.2) is 36.1 Å². The third-order valence-electron chi connectivity index (χ3n) is 5.47. The van der Waals surface area contributed by atoms with Crippen molar-refractivity contribution in [3.63, 3.8) is 0 Å². The van der Waals surface area contributed by atoms with Gasteiger partial charge in [-0.15, -0.1) is 0 Å². The second-order valence-corrected chi connectivity index (χ2v) is 9.17. The van der Waals surface area contributed by atoms with E-state index in [1.54, 1.807) is 49.5 Å². The number of carbonyl (C=O) groups excluding carboxylic acids is 1. The summed E-state index contributed by atoms with van der Waals surface area (Å²) in [5.74, 6) is 1.41. The molecule has 0 radical (unpaired) electrons. The Labute approximate surface area is 197 Å². The lowest BCUT2D eigenvalue weighted by Crippen LogP contribution is -2.38. The van der Waals surface area contributed by atoms with Crippen LogP contribution in [0.25, 0.3) is 0 Å². The summed E-state index contributed by atoms with van der Waals surface area (Å²) < 4.78 is 5.16. The lowest BCUT2D eigenvalue weighted by molar-refractivity contribution is -0.120. The molecule has 3 aromatic rings. The molecule has 6 nitrogen and oxygen atoms in total. The molecule has 4 rings (SSSR count). The molecule has 1 N–H and O–H groups in total. The van der Waals surface area contributed by atoms with Gasteiger partial charge < -0.3 is 15.0 Å². The average Bonchev–Trinajstić information content (AvgIpc) is 2.81. The summed E-state index contributed by atoms with van der Waals surface area (Å²) in [7, 11) is 1.56. The van der Waals surface area contributed by atoms with Gasteiger partial charge in [0, 0.05) is 42.0 Å². The number of rotatable bonds is 6. The van der Waals surface area contributed by atoms with Crippen molar-refractivity contribution >= 4 is 40.8 Å². The van der Waals surface area contributed by atoms with Crippen molar-refractivity contribution < 1.29 is 9.53 Å². The smallest absolute Gasteiger partial charge is 0.227 e. The zero-order chi connectivity index (χ0) is 22.5. The Morgan fingerprint density at radius 2 is 1.84 bits per heavy atom. The predicted molar refractivity (Wildman–Crippen MR) is 129 cm³/mol. The van der Waals surface area contributed by atoms with Gasteiger partial charge in [0.05, 0.1) is 12.1 Å². The minimum Gasteiger partial charge on any atom is -0.495 e. The van der Waals surface area contributed by atoms with E-state index in [0.29, 0.717) is 16.5 Å². The summed E-state index contributed by atoms with van der Waals surface area (Å²) in [6.45, 7) is 3.58. The number of ether oxygens (including phenoxy) is 1. The Kier molecular flexibility index (Phi) is 7.17. The second-order valence-electron chi connectivity index (χ2n) is 7.70. The molecule has 8 heteroatoms. The van der Waals surface area contributed by atoms with E-state index in [2.05, 4.69) is 51.4 Å². The number of methoxy groups -OCH3 is 1. The number of nitrogens with zero attached hydrogens (tertiary/aromatic N) is 3. The molecule has 0 unspecified atom stereocenters. The fourth-order valence-electron chi connectivity index (χ4n) is 3.67. The largest absolute Gasteiger partial charge is 0.495 e. The zero-order valence-electron chi connectivity index (χ0n) is 18.0. The number of aromatic nitrogens is 2. The van der Waals surface area contributed by atoms with Crippen molar-refractivity contribution in [1.29, 1.82) is 0 Å². The third-order valence-corrected chi connectivity index (χ3v) is 6.75. The monoisotopic (exact) mass is 468 g/mol. The molecule has 0 aliphatic carbocycles. The molecule has 1 aliphatic rings. The van der Waals surface area contributed by atoms with Gasteiger partial charge >= 0.3 is 0 Å². The standard InChI is InChI=1S/C24H25ClN4O2S/c1-16-3-6-19(7-4-16)32-24-22(26-11-12-27-24)29-13-9-17(10-14-29)23(30)28-18-5-8-21(31-2)20(25)15-18/h3-8,11-12,15,17H,9-10,13-14H2,1-2H3,(H,28,30). The second kappa shape index (κ2) is 10.2. The van der Waals surface area contributed by atoms with Crippen LogP contribution in [0.1, 0.15) is 18.4 Å². The number of hydrogen-bond donors (Lipinski definition) is 1. The number of aryl methyl sites for hydroxylation is 1. The van der Waals surface area contributed by atoms with Crippen LogP contribution in [0.3, 0.4) is 0 Å². The highest BCUT2D eigenvalue weighted by Crippen LogP contribution is 2.34. The molecule has 0 spiro atoms. The van der Waals surface area contributed by atoms with E-state index in [4.69, 9.17) is 16.3 Å². The normalized spacial score (nSPS) is 14.3. The molecule has 0 bridgehead atoms. The highest BCUT2D eigenvalue weighted by atomic mass is 35.5. The summed E-state index contributed by atoms with van der Waals surface area (Å²) in [5.41, 5.74) is 1.90. The Morgan fingerprint density at radius 1 is 1.12 bits per heavy atom. The predicted octanol–water partition coefficient (Wildman–Crippen LogP) is 5.45. The summed E-state index contributed by atoms with van der Waals surface area (Å²) >= 11 is 7.78. The van der Waals surface area contributed by atoms with Crippen LogP contribution in [-0.2, 0) is 4.79 Å². The molecule has 0 atom stereocenters. The van der Waals surface area contributed by atoms with E-state index < -0.39 is 0 Å². The van der Waals surface area contributed by atoms with Crippen LogP contribution in [0.2, 0.25) is 5.02 Å². The first-order valence-electron chi connectivity index (χ1n) is 10.5. The summed E-state index contributed by atoms with van der Waals surface area (Å²) in [6.07, 6.45) is 4.95. The first-order valence-corrected chi connectivity index (χ1v) is 11.7. The highest BCUT2D eigenvalue weighted by Gasteiger charge is 2.27. The van der Waals surface area contributed by atoms with Gasteiger partial charge in [0.25, 0.3) is 0 Å². The van der Waals surface area contributed by atoms with E-state index in [1.807, 2.05) is 0 Å². The van der Waals surface area contributed by atoms with Crippen molar-refractivity contribution in [1.82, 2.24) is 9.97 Å². The molecular formula is C24H25ClN4O2S. The summed E-state index contributed by atoms with van der Waals surface area (Å²) in [6, 6.07) is 13.6. The fraction of sp³-hybridized carbons (Fsp3) is 0.292. The molecule has 2 heterocycles. The molecule has 1 aromatic heterocycles. The summed E-state index contributed by atoms with van der Waals surface area (Å²) in [4.78, 5) is 25.3. The molecule has 1 aliphatic heterocycles. The first kappa shape index (κ1) is 22.4. The van der Waals surface area contributed by atoms with E-state index >= 15 is 0 Å². The molecule has 166 valence electrons. The molecule has 1 fully saturated rings.